The maximum absolute atomic E-state index is 12.8. The van der Waals surface area contributed by atoms with Gasteiger partial charge in [0.15, 0.2) is 11.2 Å². The zero-order chi connectivity index (χ0) is 28.6. The first-order valence-corrected chi connectivity index (χ1v) is 14.2. The quantitative estimate of drug-likeness (QED) is 0.315. The van der Waals surface area contributed by atoms with Gasteiger partial charge in [0, 0.05) is 63.0 Å². The van der Waals surface area contributed by atoms with E-state index in [2.05, 4.69) is 20.3 Å². The van der Waals surface area contributed by atoms with E-state index >= 15 is 0 Å². The van der Waals surface area contributed by atoms with Crippen molar-refractivity contribution in [3.05, 3.63) is 70.1 Å². The first kappa shape index (κ1) is 29.0. The summed E-state index contributed by atoms with van der Waals surface area (Å²) in [5.41, 5.74) is 2.13. The van der Waals surface area contributed by atoms with Gasteiger partial charge in [0.05, 0.1) is 17.5 Å². The lowest BCUT2D eigenvalue weighted by atomic mass is 10.1. The molecule has 212 valence electrons. The second-order valence-corrected chi connectivity index (χ2v) is 10.2. The van der Waals surface area contributed by atoms with Gasteiger partial charge in [0.1, 0.15) is 5.58 Å². The zero-order valence-electron chi connectivity index (χ0n) is 22.9. The molecule has 0 spiro atoms. The summed E-state index contributed by atoms with van der Waals surface area (Å²) in [5.74, 6) is -1.15. The molecule has 0 atom stereocenters. The number of rotatable bonds is 10. The van der Waals surface area contributed by atoms with Crippen LogP contribution in [-0.4, -0.2) is 93.7 Å². The molecule has 0 bridgehead atoms. The van der Waals surface area contributed by atoms with Crippen LogP contribution in [0.5, 0.6) is 0 Å². The molecule has 3 amide bonds. The molecule has 1 aliphatic heterocycles. The summed E-state index contributed by atoms with van der Waals surface area (Å²) >= 11 is 1.40. The van der Waals surface area contributed by atoms with E-state index < -0.39 is 5.91 Å². The van der Waals surface area contributed by atoms with Crippen LogP contribution >= 0.6 is 11.9 Å². The van der Waals surface area contributed by atoms with Gasteiger partial charge < -0.3 is 34.5 Å². The van der Waals surface area contributed by atoms with Crippen molar-refractivity contribution in [1.82, 2.24) is 20.4 Å². The number of carbonyl (C=O) groups is 3. The van der Waals surface area contributed by atoms with E-state index in [1.54, 1.807) is 29.2 Å². The van der Waals surface area contributed by atoms with Crippen LogP contribution < -0.4 is 25.7 Å². The second kappa shape index (κ2) is 13.4. The molecule has 0 saturated carbocycles. The number of nitrogens with one attached hydrogen (secondary N) is 3. The Hall–Kier alpha value is -4.03. The number of piperazine rings is 1. The average Bonchev–Trinajstić information content (AvgIpc) is 2.96. The summed E-state index contributed by atoms with van der Waals surface area (Å²) < 4.78 is 8.68. The molecule has 0 aliphatic carbocycles. The Morgan fingerprint density at radius 2 is 1.73 bits per heavy atom. The van der Waals surface area contributed by atoms with E-state index in [4.69, 9.17) is 4.42 Å². The standard InChI is InChI=1S/C28H34N6O5S/c1-32(2)11-10-29-27(37)20-6-4-5-7-22(20)33-12-14-34(15-13-33)26(36)18-30-28(38)25-17-23(35)21-16-19(31-40-3)8-9-24(21)39-25/h4-9,16-17,31H,10-15,18H2,1-3H3,(H,29,37)(H,30,38). The van der Waals surface area contributed by atoms with Crippen LogP contribution in [0.2, 0.25) is 0 Å². The Morgan fingerprint density at radius 3 is 2.45 bits per heavy atom. The Bertz CT molecular complexity index is 1430. The van der Waals surface area contributed by atoms with E-state index in [0.717, 1.165) is 24.0 Å². The summed E-state index contributed by atoms with van der Waals surface area (Å²) in [7, 11) is 3.90. The number of fused-ring (bicyclic) bond motifs is 1. The Balaban J connectivity index is 1.31. The smallest absolute Gasteiger partial charge is 0.287 e. The molecule has 1 aromatic heterocycles. The number of nitrogens with zero attached hydrogens (tertiary/aromatic N) is 3. The molecule has 40 heavy (non-hydrogen) atoms. The van der Waals surface area contributed by atoms with Gasteiger partial charge in [0.2, 0.25) is 5.91 Å². The third-order valence-electron chi connectivity index (χ3n) is 6.54. The second-order valence-electron chi connectivity index (χ2n) is 9.62. The van der Waals surface area contributed by atoms with Gasteiger partial charge >= 0.3 is 0 Å². The molecule has 3 aromatic rings. The molecule has 12 heteroatoms. The van der Waals surface area contributed by atoms with Crippen LogP contribution in [0.1, 0.15) is 20.9 Å². The third-order valence-corrected chi connectivity index (χ3v) is 6.98. The van der Waals surface area contributed by atoms with Crippen LogP contribution in [0.25, 0.3) is 11.0 Å². The summed E-state index contributed by atoms with van der Waals surface area (Å²) in [6, 6.07) is 13.6. The number of hydrogen-bond acceptors (Lipinski definition) is 9. The molecule has 0 radical (unpaired) electrons. The number of hydrogen-bond donors (Lipinski definition) is 3. The van der Waals surface area contributed by atoms with Gasteiger partial charge in [-0.25, -0.2) is 0 Å². The first-order valence-electron chi connectivity index (χ1n) is 13.0. The minimum atomic E-state index is -0.633. The number of carbonyl (C=O) groups excluding carboxylic acids is 3. The lowest BCUT2D eigenvalue weighted by molar-refractivity contribution is -0.130. The van der Waals surface area contributed by atoms with Crippen molar-refractivity contribution in [2.24, 2.45) is 0 Å². The van der Waals surface area contributed by atoms with Crippen LogP contribution in [0.4, 0.5) is 11.4 Å². The highest BCUT2D eigenvalue weighted by Gasteiger charge is 2.24. The molecule has 1 fully saturated rings. The SMILES string of the molecule is CSNc1ccc2oc(C(=O)NCC(=O)N3CCN(c4ccccc4C(=O)NCCN(C)C)CC3)cc(=O)c2c1. The van der Waals surface area contributed by atoms with Gasteiger partial charge in [-0.05, 0) is 44.4 Å². The normalized spacial score (nSPS) is 13.4. The molecule has 11 nitrogen and oxygen atoms in total. The molecule has 4 rings (SSSR count). The molecule has 2 aromatic carbocycles. The molecular formula is C28H34N6O5S. The van der Waals surface area contributed by atoms with E-state index in [1.807, 2.05) is 43.5 Å². The summed E-state index contributed by atoms with van der Waals surface area (Å²) in [4.78, 5) is 56.6. The highest BCUT2D eigenvalue weighted by atomic mass is 32.2. The average molecular weight is 567 g/mol. The molecule has 1 aliphatic rings. The van der Waals surface area contributed by atoms with E-state index in [1.165, 1.54) is 11.9 Å². The van der Waals surface area contributed by atoms with Crippen molar-refractivity contribution >= 4 is 52.0 Å². The summed E-state index contributed by atoms with van der Waals surface area (Å²) in [6.45, 7) is 3.07. The van der Waals surface area contributed by atoms with Crippen LogP contribution in [0.15, 0.2) is 57.7 Å². The number of likely N-dealkylation sites (N-methyl/N-ethyl adjacent to an activating group) is 1. The van der Waals surface area contributed by atoms with E-state index in [9.17, 15) is 19.2 Å². The van der Waals surface area contributed by atoms with E-state index in [0.29, 0.717) is 49.3 Å². The molecule has 3 N–H and O–H groups in total. The summed E-state index contributed by atoms with van der Waals surface area (Å²) in [5, 5.41) is 5.88. The highest BCUT2D eigenvalue weighted by molar-refractivity contribution is 7.99. The predicted molar refractivity (Wildman–Crippen MR) is 158 cm³/mol. The van der Waals surface area contributed by atoms with Crippen LogP contribution in [-0.2, 0) is 4.79 Å². The molecule has 0 unspecified atom stereocenters. The lowest BCUT2D eigenvalue weighted by Crippen LogP contribution is -2.51. The van der Waals surface area contributed by atoms with Crippen molar-refractivity contribution in [2.45, 2.75) is 0 Å². The number of anilines is 2. The Labute approximate surface area is 237 Å². The van der Waals surface area contributed by atoms with Gasteiger partial charge in [-0.2, -0.15) is 0 Å². The van der Waals surface area contributed by atoms with Crippen molar-refractivity contribution in [1.29, 1.82) is 0 Å². The Kier molecular flexibility index (Phi) is 9.67. The monoisotopic (exact) mass is 566 g/mol. The topological polar surface area (TPSA) is 127 Å². The zero-order valence-corrected chi connectivity index (χ0v) is 23.7. The van der Waals surface area contributed by atoms with Crippen molar-refractivity contribution in [2.75, 3.05) is 75.8 Å². The van der Waals surface area contributed by atoms with Crippen molar-refractivity contribution < 1.29 is 18.8 Å². The van der Waals surface area contributed by atoms with Gasteiger partial charge in [-0.15, -0.1) is 0 Å². The third kappa shape index (κ3) is 7.13. The number of benzene rings is 2. The molecule has 2 heterocycles. The minimum Gasteiger partial charge on any atom is -0.451 e. The van der Waals surface area contributed by atoms with Gasteiger partial charge in [0.25, 0.3) is 11.8 Å². The maximum Gasteiger partial charge on any atom is 0.287 e. The number of amides is 3. The fourth-order valence-electron chi connectivity index (χ4n) is 4.43. The minimum absolute atomic E-state index is 0.129. The molecular weight excluding hydrogens is 532 g/mol. The van der Waals surface area contributed by atoms with E-state index in [-0.39, 0.29) is 29.5 Å². The Morgan fingerprint density at radius 1 is 0.975 bits per heavy atom. The fourth-order valence-corrected chi connectivity index (χ4v) is 4.79. The lowest BCUT2D eigenvalue weighted by Gasteiger charge is -2.37. The molecule has 1 saturated heterocycles. The van der Waals surface area contributed by atoms with Crippen LogP contribution in [0, 0.1) is 0 Å². The van der Waals surface area contributed by atoms with Crippen molar-refractivity contribution in [3.63, 3.8) is 0 Å². The largest absolute Gasteiger partial charge is 0.451 e. The van der Waals surface area contributed by atoms with Gasteiger partial charge in [-0.3, -0.25) is 19.2 Å². The summed E-state index contributed by atoms with van der Waals surface area (Å²) in [6.07, 6.45) is 1.87. The maximum atomic E-state index is 12.8. The van der Waals surface area contributed by atoms with Gasteiger partial charge in [-0.1, -0.05) is 24.1 Å². The van der Waals surface area contributed by atoms with Crippen LogP contribution in [0.3, 0.4) is 0 Å². The number of para-hydroxylation sites is 1. The fraction of sp³-hybridized carbons (Fsp3) is 0.357. The first-order chi connectivity index (χ1) is 19.3. The predicted octanol–water partition coefficient (Wildman–Crippen LogP) is 1.85. The van der Waals surface area contributed by atoms with Crippen molar-refractivity contribution in [3.8, 4) is 0 Å². The highest BCUT2D eigenvalue weighted by Crippen LogP contribution is 2.22.